The minimum absolute atomic E-state index is 0.103. The molecule has 0 aliphatic heterocycles. The molecule has 1 aromatic heterocycles. The number of hydrogen-bond acceptors (Lipinski definition) is 4. The standard InChI is InChI=1S/C21H22Cl3N3O4/c1-4-10-26(19(29)21(22,23)24)20(30)27(14(2)3)16-11-17(25-12-16)18(28)31-13-15-8-6-5-7-9-15/h4-9,11-12,14,25H,1,10,13H2,2-3H3. The van der Waals surface area contributed by atoms with Gasteiger partial charge in [-0.1, -0.05) is 71.2 Å². The van der Waals surface area contributed by atoms with E-state index >= 15 is 0 Å². The number of halogens is 3. The maximum Gasteiger partial charge on any atom is 0.355 e. The molecule has 3 amide bonds. The number of esters is 1. The van der Waals surface area contributed by atoms with Crippen molar-refractivity contribution in [1.82, 2.24) is 9.88 Å². The highest BCUT2D eigenvalue weighted by Gasteiger charge is 2.40. The van der Waals surface area contributed by atoms with E-state index in [9.17, 15) is 14.4 Å². The van der Waals surface area contributed by atoms with Gasteiger partial charge in [0, 0.05) is 18.8 Å². The molecule has 0 fully saturated rings. The van der Waals surface area contributed by atoms with Gasteiger partial charge in [-0.3, -0.25) is 14.6 Å². The molecule has 0 aliphatic rings. The molecule has 10 heteroatoms. The Morgan fingerprint density at radius 3 is 2.39 bits per heavy atom. The van der Waals surface area contributed by atoms with Gasteiger partial charge in [0.25, 0.3) is 9.70 Å². The number of nitrogens with zero attached hydrogens (tertiary/aromatic N) is 2. The number of benzene rings is 1. The number of amides is 3. The first-order valence-corrected chi connectivity index (χ1v) is 10.4. The summed E-state index contributed by atoms with van der Waals surface area (Å²) in [5, 5.41) is 0. The lowest BCUT2D eigenvalue weighted by Gasteiger charge is -2.32. The van der Waals surface area contributed by atoms with Crippen LogP contribution in [0.2, 0.25) is 0 Å². The number of alkyl halides is 3. The molecule has 2 aromatic rings. The van der Waals surface area contributed by atoms with Crippen LogP contribution in [0.25, 0.3) is 0 Å². The maximum absolute atomic E-state index is 13.1. The number of anilines is 1. The zero-order valence-corrected chi connectivity index (χ0v) is 19.2. The maximum atomic E-state index is 13.1. The van der Waals surface area contributed by atoms with E-state index in [2.05, 4.69) is 11.6 Å². The molecule has 0 spiro atoms. The fourth-order valence-electron chi connectivity index (χ4n) is 2.73. The van der Waals surface area contributed by atoms with Gasteiger partial charge in [0.05, 0.1) is 5.69 Å². The van der Waals surface area contributed by atoms with Crippen molar-refractivity contribution < 1.29 is 19.1 Å². The zero-order valence-electron chi connectivity index (χ0n) is 17.0. The number of ether oxygens (including phenoxy) is 1. The van der Waals surface area contributed by atoms with Crippen LogP contribution in [-0.2, 0) is 16.1 Å². The van der Waals surface area contributed by atoms with E-state index in [0.717, 1.165) is 10.5 Å². The van der Waals surface area contributed by atoms with Crippen LogP contribution in [0, 0.1) is 0 Å². The van der Waals surface area contributed by atoms with Crippen LogP contribution < -0.4 is 4.90 Å². The normalized spacial score (nSPS) is 11.2. The highest BCUT2D eigenvalue weighted by molar-refractivity contribution is 6.76. The largest absolute Gasteiger partial charge is 0.456 e. The van der Waals surface area contributed by atoms with Gasteiger partial charge in [0.1, 0.15) is 12.3 Å². The number of nitrogens with one attached hydrogen (secondary N) is 1. The first-order chi connectivity index (χ1) is 14.6. The monoisotopic (exact) mass is 485 g/mol. The van der Waals surface area contributed by atoms with Crippen molar-refractivity contribution in [2.75, 3.05) is 11.4 Å². The molecule has 31 heavy (non-hydrogen) atoms. The Bertz CT molecular complexity index is 939. The van der Waals surface area contributed by atoms with E-state index in [1.54, 1.807) is 13.8 Å². The molecule has 0 bridgehead atoms. The second kappa shape index (κ2) is 10.7. The summed E-state index contributed by atoms with van der Waals surface area (Å²) in [7, 11) is 0. The van der Waals surface area contributed by atoms with Crippen LogP contribution in [0.1, 0.15) is 29.9 Å². The Hall–Kier alpha value is -2.48. The van der Waals surface area contributed by atoms with Crippen molar-refractivity contribution in [2.24, 2.45) is 0 Å². The van der Waals surface area contributed by atoms with Gasteiger partial charge in [0.2, 0.25) is 0 Å². The van der Waals surface area contributed by atoms with Gasteiger partial charge < -0.3 is 9.72 Å². The van der Waals surface area contributed by atoms with Crippen LogP contribution in [0.5, 0.6) is 0 Å². The summed E-state index contributed by atoms with van der Waals surface area (Å²) < 4.78 is 2.98. The molecule has 2 rings (SSSR count). The van der Waals surface area contributed by atoms with Crippen LogP contribution >= 0.6 is 34.8 Å². The summed E-state index contributed by atoms with van der Waals surface area (Å²) in [6.45, 7) is 6.96. The van der Waals surface area contributed by atoms with E-state index in [0.29, 0.717) is 5.69 Å². The lowest BCUT2D eigenvalue weighted by atomic mass is 10.2. The zero-order chi connectivity index (χ0) is 23.2. The predicted molar refractivity (Wildman–Crippen MR) is 122 cm³/mol. The molecule has 1 aromatic carbocycles. The second-order valence-electron chi connectivity index (χ2n) is 6.78. The number of aromatic amines is 1. The fourth-order valence-corrected chi connectivity index (χ4v) is 3.04. The van der Waals surface area contributed by atoms with E-state index in [1.807, 2.05) is 30.3 Å². The smallest absolute Gasteiger partial charge is 0.355 e. The number of rotatable bonds is 7. The third-order valence-electron chi connectivity index (χ3n) is 4.13. The summed E-state index contributed by atoms with van der Waals surface area (Å²) in [5.74, 6) is -1.60. The van der Waals surface area contributed by atoms with Crippen molar-refractivity contribution in [2.45, 2.75) is 30.3 Å². The quantitative estimate of drug-likeness (QED) is 0.336. The molecule has 1 N–H and O–H groups in total. The third-order valence-corrected chi connectivity index (χ3v) is 4.62. The Kier molecular flexibility index (Phi) is 8.56. The van der Waals surface area contributed by atoms with Crippen LogP contribution in [-0.4, -0.2) is 44.2 Å². The summed E-state index contributed by atoms with van der Waals surface area (Å²) in [6.07, 6.45) is 2.80. The molecule has 0 saturated heterocycles. The average molecular weight is 487 g/mol. The number of urea groups is 1. The number of carbonyl (C=O) groups is 3. The minimum atomic E-state index is -2.31. The lowest BCUT2D eigenvalue weighted by molar-refractivity contribution is -0.126. The topological polar surface area (TPSA) is 82.7 Å². The van der Waals surface area contributed by atoms with Gasteiger partial charge >= 0.3 is 12.0 Å². The summed E-state index contributed by atoms with van der Waals surface area (Å²) in [6, 6.07) is 9.57. The highest BCUT2D eigenvalue weighted by atomic mass is 35.6. The summed E-state index contributed by atoms with van der Waals surface area (Å²) >= 11 is 17.1. The van der Waals surface area contributed by atoms with E-state index in [-0.39, 0.29) is 24.9 Å². The molecule has 166 valence electrons. The number of carbonyl (C=O) groups excluding carboxylic acids is 3. The van der Waals surface area contributed by atoms with Crippen molar-refractivity contribution in [3.63, 3.8) is 0 Å². The number of aromatic nitrogens is 1. The minimum Gasteiger partial charge on any atom is -0.456 e. The van der Waals surface area contributed by atoms with Crippen molar-refractivity contribution >= 4 is 58.4 Å². The van der Waals surface area contributed by atoms with E-state index < -0.39 is 21.7 Å². The van der Waals surface area contributed by atoms with E-state index in [4.69, 9.17) is 39.5 Å². The highest BCUT2D eigenvalue weighted by Crippen LogP contribution is 2.30. The summed E-state index contributed by atoms with van der Waals surface area (Å²) in [4.78, 5) is 42.8. The molecule has 7 nitrogen and oxygen atoms in total. The summed E-state index contributed by atoms with van der Waals surface area (Å²) in [5.41, 5.74) is 1.33. The van der Waals surface area contributed by atoms with Crippen molar-refractivity contribution in [3.8, 4) is 0 Å². The van der Waals surface area contributed by atoms with Gasteiger partial charge in [0.15, 0.2) is 0 Å². The third kappa shape index (κ3) is 6.50. The van der Waals surface area contributed by atoms with Crippen LogP contribution in [0.3, 0.4) is 0 Å². The number of imide groups is 1. The predicted octanol–water partition coefficient (Wildman–Crippen LogP) is 5.09. The Morgan fingerprint density at radius 2 is 1.84 bits per heavy atom. The molecule has 0 aliphatic carbocycles. The molecule has 1 heterocycles. The molecule has 0 radical (unpaired) electrons. The van der Waals surface area contributed by atoms with Gasteiger partial charge in [-0.25, -0.2) is 9.59 Å². The molecule has 0 unspecified atom stereocenters. The Morgan fingerprint density at radius 1 is 1.19 bits per heavy atom. The van der Waals surface area contributed by atoms with Crippen molar-refractivity contribution in [3.05, 3.63) is 66.5 Å². The molecule has 0 saturated carbocycles. The average Bonchev–Trinajstić information content (AvgIpc) is 3.19. The second-order valence-corrected chi connectivity index (χ2v) is 9.06. The molecular formula is C21H22Cl3N3O4. The SMILES string of the molecule is C=CCN(C(=O)N(c1c[nH]c(C(=O)OCc2ccccc2)c1)C(C)C)C(=O)C(Cl)(Cl)Cl. The lowest BCUT2D eigenvalue weighted by Crippen LogP contribution is -2.52. The fraction of sp³-hybridized carbons (Fsp3) is 0.286. The first-order valence-electron chi connectivity index (χ1n) is 9.28. The van der Waals surface area contributed by atoms with Gasteiger partial charge in [-0.05, 0) is 25.5 Å². The van der Waals surface area contributed by atoms with Crippen LogP contribution in [0.15, 0.2) is 55.3 Å². The molecule has 0 atom stereocenters. The van der Waals surface area contributed by atoms with Gasteiger partial charge in [-0.2, -0.15) is 0 Å². The number of H-pyrrole nitrogens is 1. The van der Waals surface area contributed by atoms with E-state index in [1.165, 1.54) is 23.2 Å². The van der Waals surface area contributed by atoms with Crippen molar-refractivity contribution in [1.29, 1.82) is 0 Å². The Balaban J connectivity index is 2.22. The number of hydrogen-bond donors (Lipinski definition) is 1. The first kappa shape index (κ1) is 24.8. The molecular weight excluding hydrogens is 465 g/mol. The van der Waals surface area contributed by atoms with Gasteiger partial charge in [-0.15, -0.1) is 6.58 Å². The van der Waals surface area contributed by atoms with Crippen LogP contribution in [0.4, 0.5) is 10.5 Å². The Labute approximate surface area is 195 Å².